The van der Waals surface area contributed by atoms with Crippen molar-refractivity contribution in [1.82, 2.24) is 15.5 Å². The van der Waals surface area contributed by atoms with E-state index < -0.39 is 0 Å². The highest BCUT2D eigenvalue weighted by Crippen LogP contribution is 2.19. The third kappa shape index (κ3) is 7.20. The molecule has 2 aromatic carbocycles. The number of nitrogens with one attached hydrogen (secondary N) is 2. The summed E-state index contributed by atoms with van der Waals surface area (Å²) in [5, 5.41) is 6.57. The van der Waals surface area contributed by atoms with Crippen LogP contribution >= 0.6 is 0 Å². The maximum atomic E-state index is 12.3. The van der Waals surface area contributed by atoms with Crippen molar-refractivity contribution in [2.75, 3.05) is 46.9 Å². The molecule has 7 nitrogen and oxygen atoms in total. The molecular weight excluding hydrogens is 392 g/mol. The summed E-state index contributed by atoms with van der Waals surface area (Å²) in [5.41, 5.74) is 1.26. The smallest absolute Gasteiger partial charge is 0.223 e. The van der Waals surface area contributed by atoms with Gasteiger partial charge < -0.3 is 25.0 Å². The number of hydrogen-bond acceptors (Lipinski definition) is 4. The first-order chi connectivity index (χ1) is 15.2. The molecule has 0 aliphatic carbocycles. The molecule has 2 aromatic rings. The molecule has 1 aliphatic heterocycles. The van der Waals surface area contributed by atoms with Gasteiger partial charge >= 0.3 is 0 Å². The number of methoxy groups -OCH3 is 1. The zero-order valence-electron chi connectivity index (χ0n) is 18.3. The second-order valence-corrected chi connectivity index (χ2v) is 7.55. The summed E-state index contributed by atoms with van der Waals surface area (Å²) in [5.74, 6) is 2.77. The average Bonchev–Trinajstić information content (AvgIpc) is 3.17. The number of carbonyl (C=O) groups excluding carboxylic acids is 1. The van der Waals surface area contributed by atoms with E-state index >= 15 is 0 Å². The first-order valence-electron chi connectivity index (χ1n) is 10.7. The van der Waals surface area contributed by atoms with Crippen LogP contribution < -0.4 is 20.1 Å². The minimum Gasteiger partial charge on any atom is -0.497 e. The van der Waals surface area contributed by atoms with Crippen LogP contribution in [-0.2, 0) is 11.2 Å². The van der Waals surface area contributed by atoms with Gasteiger partial charge in [-0.3, -0.25) is 9.79 Å². The number of rotatable bonds is 10. The van der Waals surface area contributed by atoms with Gasteiger partial charge in [0.25, 0.3) is 0 Å². The summed E-state index contributed by atoms with van der Waals surface area (Å²) in [4.78, 5) is 18.6. The molecule has 31 heavy (non-hydrogen) atoms. The van der Waals surface area contributed by atoms with Gasteiger partial charge in [0.05, 0.1) is 13.7 Å². The van der Waals surface area contributed by atoms with E-state index in [4.69, 9.17) is 9.47 Å². The van der Waals surface area contributed by atoms with Gasteiger partial charge in [-0.1, -0.05) is 36.4 Å². The summed E-state index contributed by atoms with van der Waals surface area (Å²) in [6, 6.07) is 17.8. The Bertz CT molecular complexity index is 857. The van der Waals surface area contributed by atoms with Crippen molar-refractivity contribution >= 4 is 11.9 Å². The molecule has 0 radical (unpaired) electrons. The van der Waals surface area contributed by atoms with Gasteiger partial charge in [-0.15, -0.1) is 0 Å². The Morgan fingerprint density at radius 1 is 1.13 bits per heavy atom. The van der Waals surface area contributed by atoms with Crippen LogP contribution in [0.1, 0.15) is 12.0 Å². The van der Waals surface area contributed by atoms with Crippen LogP contribution in [0.25, 0.3) is 0 Å². The molecule has 166 valence electrons. The van der Waals surface area contributed by atoms with Crippen molar-refractivity contribution in [3.8, 4) is 11.5 Å². The van der Waals surface area contributed by atoms with Crippen molar-refractivity contribution in [3.63, 3.8) is 0 Å². The molecule has 0 saturated carbocycles. The van der Waals surface area contributed by atoms with E-state index in [-0.39, 0.29) is 11.8 Å². The molecule has 0 aromatic heterocycles. The van der Waals surface area contributed by atoms with Crippen molar-refractivity contribution in [2.24, 2.45) is 10.9 Å². The molecule has 1 amide bonds. The highest BCUT2D eigenvalue weighted by Gasteiger charge is 2.29. The first-order valence-corrected chi connectivity index (χ1v) is 10.7. The largest absolute Gasteiger partial charge is 0.497 e. The molecule has 0 bridgehead atoms. The van der Waals surface area contributed by atoms with E-state index in [1.165, 1.54) is 5.56 Å². The lowest BCUT2D eigenvalue weighted by atomic mass is 10.1. The Balaban J connectivity index is 1.34. The Labute approximate surface area is 184 Å². The number of carbonyl (C=O) groups is 1. The minimum absolute atomic E-state index is 0.234. The topological polar surface area (TPSA) is 75.2 Å². The SMILES string of the molecule is CN=C(NCCOc1cccc(OC)c1)NCC1CC(=O)N(CCc2ccccc2)C1. The quantitative estimate of drug-likeness (QED) is 0.348. The number of benzene rings is 2. The number of amides is 1. The summed E-state index contributed by atoms with van der Waals surface area (Å²) < 4.78 is 10.9. The maximum absolute atomic E-state index is 12.3. The fourth-order valence-corrected chi connectivity index (χ4v) is 3.61. The predicted octanol–water partition coefficient (Wildman–Crippen LogP) is 2.33. The third-order valence-electron chi connectivity index (χ3n) is 5.29. The van der Waals surface area contributed by atoms with Crippen LogP contribution in [-0.4, -0.2) is 63.7 Å². The number of nitrogens with zero attached hydrogens (tertiary/aromatic N) is 2. The van der Waals surface area contributed by atoms with Crippen molar-refractivity contribution < 1.29 is 14.3 Å². The lowest BCUT2D eigenvalue weighted by Gasteiger charge is -2.18. The van der Waals surface area contributed by atoms with E-state index in [2.05, 4.69) is 27.8 Å². The molecule has 0 spiro atoms. The second-order valence-electron chi connectivity index (χ2n) is 7.55. The van der Waals surface area contributed by atoms with Gasteiger partial charge in [0.15, 0.2) is 5.96 Å². The van der Waals surface area contributed by atoms with Crippen LogP contribution in [0.2, 0.25) is 0 Å². The number of guanidine groups is 1. The standard InChI is InChI=1S/C24H32N4O3/c1-25-24(26-12-14-31-22-10-6-9-21(16-22)30-2)27-17-20-15-23(29)28(18-20)13-11-19-7-4-3-5-8-19/h3-10,16,20H,11-15,17-18H2,1-2H3,(H2,25,26,27). The fourth-order valence-electron chi connectivity index (χ4n) is 3.61. The van der Waals surface area contributed by atoms with Gasteiger partial charge in [0, 0.05) is 45.1 Å². The molecule has 1 saturated heterocycles. The number of likely N-dealkylation sites (tertiary alicyclic amines) is 1. The van der Waals surface area contributed by atoms with E-state index in [0.717, 1.165) is 31.0 Å². The Hall–Kier alpha value is -3.22. The molecule has 1 unspecified atom stereocenters. The minimum atomic E-state index is 0.234. The van der Waals surface area contributed by atoms with Crippen LogP contribution in [0.15, 0.2) is 59.6 Å². The highest BCUT2D eigenvalue weighted by atomic mass is 16.5. The lowest BCUT2D eigenvalue weighted by Crippen LogP contribution is -2.41. The average molecular weight is 425 g/mol. The van der Waals surface area contributed by atoms with Crippen molar-refractivity contribution in [3.05, 3.63) is 60.2 Å². The first kappa shape index (κ1) is 22.5. The highest BCUT2D eigenvalue weighted by molar-refractivity contribution is 5.80. The van der Waals surface area contributed by atoms with Gasteiger partial charge in [-0.05, 0) is 24.1 Å². The lowest BCUT2D eigenvalue weighted by molar-refractivity contribution is -0.127. The Morgan fingerprint density at radius 2 is 1.94 bits per heavy atom. The molecule has 7 heteroatoms. The summed E-state index contributed by atoms with van der Waals surface area (Å²) in [6.45, 7) is 3.39. The predicted molar refractivity (Wildman–Crippen MR) is 123 cm³/mol. The van der Waals surface area contributed by atoms with Crippen molar-refractivity contribution in [1.29, 1.82) is 0 Å². The monoisotopic (exact) mass is 424 g/mol. The molecule has 1 atom stereocenters. The van der Waals surface area contributed by atoms with E-state index in [1.54, 1.807) is 14.2 Å². The Morgan fingerprint density at radius 3 is 2.71 bits per heavy atom. The van der Waals surface area contributed by atoms with Crippen LogP contribution in [0.5, 0.6) is 11.5 Å². The summed E-state index contributed by atoms with van der Waals surface area (Å²) in [6.07, 6.45) is 1.47. The van der Waals surface area contributed by atoms with E-state index in [1.807, 2.05) is 47.4 Å². The third-order valence-corrected chi connectivity index (χ3v) is 5.29. The van der Waals surface area contributed by atoms with Crippen LogP contribution in [0, 0.1) is 5.92 Å². The molecule has 3 rings (SSSR count). The molecule has 2 N–H and O–H groups in total. The van der Waals surface area contributed by atoms with Gasteiger partial charge in [-0.25, -0.2) is 0 Å². The molecule has 1 fully saturated rings. The second kappa shape index (κ2) is 11.8. The molecular formula is C24H32N4O3. The molecule has 1 aliphatic rings. The van der Waals surface area contributed by atoms with E-state index in [0.29, 0.717) is 32.1 Å². The molecule has 1 heterocycles. The van der Waals surface area contributed by atoms with Gasteiger partial charge in [0.1, 0.15) is 18.1 Å². The normalized spacial score (nSPS) is 16.3. The number of hydrogen-bond donors (Lipinski definition) is 2. The maximum Gasteiger partial charge on any atom is 0.223 e. The Kier molecular flexibility index (Phi) is 8.58. The summed E-state index contributed by atoms with van der Waals surface area (Å²) >= 11 is 0. The number of ether oxygens (including phenoxy) is 2. The fraction of sp³-hybridized carbons (Fsp3) is 0.417. The zero-order valence-corrected chi connectivity index (χ0v) is 18.3. The van der Waals surface area contributed by atoms with Crippen molar-refractivity contribution in [2.45, 2.75) is 12.8 Å². The summed E-state index contributed by atoms with van der Waals surface area (Å²) in [7, 11) is 3.38. The van der Waals surface area contributed by atoms with Crippen LogP contribution in [0.3, 0.4) is 0 Å². The zero-order chi connectivity index (χ0) is 21.9. The number of aliphatic imine (C=N–C) groups is 1. The van der Waals surface area contributed by atoms with Gasteiger partial charge in [-0.2, -0.15) is 0 Å². The van der Waals surface area contributed by atoms with Gasteiger partial charge in [0.2, 0.25) is 5.91 Å². The van der Waals surface area contributed by atoms with Crippen LogP contribution in [0.4, 0.5) is 0 Å². The van der Waals surface area contributed by atoms with E-state index in [9.17, 15) is 4.79 Å².